The van der Waals surface area contributed by atoms with E-state index in [1.807, 2.05) is 0 Å². The van der Waals surface area contributed by atoms with Crippen molar-refractivity contribution in [2.75, 3.05) is 0 Å². The molecule has 98 valence electrons. The molecule has 0 aliphatic rings. The zero-order chi connectivity index (χ0) is 14.0. The van der Waals surface area contributed by atoms with E-state index in [0.29, 0.717) is 5.56 Å². The van der Waals surface area contributed by atoms with Crippen molar-refractivity contribution in [3.05, 3.63) is 68.8 Å². The Bertz CT molecular complexity index is 697. The molecule has 0 aliphatic heterocycles. The van der Waals surface area contributed by atoms with Crippen molar-refractivity contribution in [2.45, 2.75) is 6.54 Å². The maximum absolute atomic E-state index is 13.3. The Hall–Kier alpha value is -2.14. The number of aromatic carboxylic acids is 1. The molecule has 1 heterocycles. The minimum atomic E-state index is -1.14. The van der Waals surface area contributed by atoms with Crippen LogP contribution in [0.25, 0.3) is 0 Å². The van der Waals surface area contributed by atoms with Gasteiger partial charge in [0.05, 0.1) is 17.1 Å². The molecule has 4 nitrogen and oxygen atoms in total. The zero-order valence-electron chi connectivity index (χ0n) is 9.64. The number of aromatic nitrogens is 1. The average Bonchev–Trinajstić information content (AvgIpc) is 2.37. The largest absolute Gasteiger partial charge is 0.478 e. The van der Waals surface area contributed by atoms with Gasteiger partial charge < -0.3 is 9.67 Å². The summed E-state index contributed by atoms with van der Waals surface area (Å²) in [6.45, 7) is 0.0105. The monoisotopic (exact) mass is 281 g/mol. The number of halogens is 2. The highest BCUT2D eigenvalue weighted by atomic mass is 35.5. The van der Waals surface area contributed by atoms with E-state index in [1.54, 1.807) is 6.07 Å². The fraction of sp³-hybridized carbons (Fsp3) is 0.0769. The van der Waals surface area contributed by atoms with Crippen LogP contribution in [0.3, 0.4) is 0 Å². The molecule has 0 aliphatic carbocycles. The molecular weight excluding hydrogens is 273 g/mol. The Kier molecular flexibility index (Phi) is 3.66. The third-order valence-corrected chi connectivity index (χ3v) is 3.03. The van der Waals surface area contributed by atoms with Gasteiger partial charge in [0.15, 0.2) is 0 Å². The minimum absolute atomic E-state index is 0.0105. The maximum Gasteiger partial charge on any atom is 0.337 e. The summed E-state index contributed by atoms with van der Waals surface area (Å²) in [4.78, 5) is 22.5. The molecule has 0 fully saturated rings. The van der Waals surface area contributed by atoms with Crippen LogP contribution in [0.1, 0.15) is 15.9 Å². The highest BCUT2D eigenvalue weighted by Gasteiger charge is 2.09. The number of pyridine rings is 1. The van der Waals surface area contributed by atoms with Crippen molar-refractivity contribution in [3.63, 3.8) is 0 Å². The quantitative estimate of drug-likeness (QED) is 0.940. The van der Waals surface area contributed by atoms with Crippen molar-refractivity contribution in [2.24, 2.45) is 0 Å². The van der Waals surface area contributed by atoms with Gasteiger partial charge in [-0.05, 0) is 17.7 Å². The number of hydrogen-bond donors (Lipinski definition) is 1. The summed E-state index contributed by atoms with van der Waals surface area (Å²) in [7, 11) is 0. The molecule has 1 N–H and O–H groups in total. The summed E-state index contributed by atoms with van der Waals surface area (Å²) in [5.74, 6) is -1.72. The van der Waals surface area contributed by atoms with E-state index >= 15 is 0 Å². The summed E-state index contributed by atoms with van der Waals surface area (Å²) in [6, 6.07) is 6.63. The van der Waals surface area contributed by atoms with Gasteiger partial charge in [0.1, 0.15) is 5.82 Å². The Morgan fingerprint density at radius 2 is 2.05 bits per heavy atom. The Labute approximate surface area is 112 Å². The van der Waals surface area contributed by atoms with Crippen LogP contribution in [-0.4, -0.2) is 15.6 Å². The van der Waals surface area contributed by atoms with Crippen LogP contribution >= 0.6 is 11.6 Å². The molecule has 0 spiro atoms. The number of benzene rings is 1. The van der Waals surface area contributed by atoms with Crippen LogP contribution in [0.4, 0.5) is 4.39 Å². The van der Waals surface area contributed by atoms with Crippen LogP contribution in [0.15, 0.2) is 41.3 Å². The molecule has 0 atom stereocenters. The maximum atomic E-state index is 13.3. The summed E-state index contributed by atoms with van der Waals surface area (Å²) in [5.41, 5.74) is 0.00348. The smallest absolute Gasteiger partial charge is 0.337 e. The molecule has 0 radical (unpaired) electrons. The van der Waals surface area contributed by atoms with E-state index < -0.39 is 11.8 Å². The van der Waals surface area contributed by atoms with E-state index in [2.05, 4.69) is 0 Å². The topological polar surface area (TPSA) is 59.3 Å². The van der Waals surface area contributed by atoms with Crippen molar-refractivity contribution < 1.29 is 14.3 Å². The molecule has 2 aromatic rings. The number of hydrogen-bond acceptors (Lipinski definition) is 2. The molecule has 6 heteroatoms. The highest BCUT2D eigenvalue weighted by Crippen LogP contribution is 2.20. The van der Waals surface area contributed by atoms with Gasteiger partial charge in [-0.2, -0.15) is 0 Å². The first-order valence-corrected chi connectivity index (χ1v) is 5.73. The second kappa shape index (κ2) is 5.24. The van der Waals surface area contributed by atoms with Crippen molar-refractivity contribution in [3.8, 4) is 0 Å². The lowest BCUT2D eigenvalue weighted by molar-refractivity contribution is 0.0696. The summed E-state index contributed by atoms with van der Waals surface area (Å²) in [6.07, 6.45) is 1.20. The van der Waals surface area contributed by atoms with Crippen LogP contribution in [0.2, 0.25) is 5.02 Å². The van der Waals surface area contributed by atoms with Crippen LogP contribution in [0.5, 0.6) is 0 Å². The molecule has 0 saturated carbocycles. The Balaban J connectivity index is 2.43. The lowest BCUT2D eigenvalue weighted by Crippen LogP contribution is -2.21. The first kappa shape index (κ1) is 13.3. The molecule has 19 heavy (non-hydrogen) atoms. The molecule has 0 bridgehead atoms. The van der Waals surface area contributed by atoms with Gasteiger partial charge in [-0.1, -0.05) is 23.7 Å². The number of rotatable bonds is 3. The van der Waals surface area contributed by atoms with Gasteiger partial charge in [0.25, 0.3) is 5.56 Å². The van der Waals surface area contributed by atoms with Gasteiger partial charge in [-0.25, -0.2) is 9.18 Å². The average molecular weight is 282 g/mol. The predicted molar refractivity (Wildman–Crippen MR) is 68.2 cm³/mol. The number of carbonyl (C=O) groups is 1. The van der Waals surface area contributed by atoms with E-state index in [0.717, 1.165) is 6.07 Å². The minimum Gasteiger partial charge on any atom is -0.478 e. The second-order valence-electron chi connectivity index (χ2n) is 3.90. The predicted octanol–water partition coefficient (Wildman–Crippen LogP) is 2.39. The number of carboxylic acids is 1. The SMILES string of the molecule is O=C(O)c1ccc(=O)n(Cc2cccc(F)c2Cl)c1. The Morgan fingerprint density at radius 3 is 2.74 bits per heavy atom. The van der Waals surface area contributed by atoms with E-state index in [9.17, 15) is 14.0 Å². The van der Waals surface area contributed by atoms with Gasteiger partial charge in [0.2, 0.25) is 0 Å². The van der Waals surface area contributed by atoms with Crippen molar-refractivity contribution in [1.29, 1.82) is 0 Å². The third kappa shape index (κ3) is 2.82. The van der Waals surface area contributed by atoms with Crippen LogP contribution in [-0.2, 0) is 6.54 Å². The number of nitrogens with zero attached hydrogens (tertiary/aromatic N) is 1. The fourth-order valence-corrected chi connectivity index (χ4v) is 1.82. The molecule has 0 amide bonds. The first-order valence-electron chi connectivity index (χ1n) is 5.35. The van der Waals surface area contributed by atoms with Gasteiger partial charge in [-0.3, -0.25) is 4.79 Å². The summed E-state index contributed by atoms with van der Waals surface area (Å²) >= 11 is 5.79. The van der Waals surface area contributed by atoms with Crippen molar-refractivity contribution >= 4 is 17.6 Å². The molecule has 1 aromatic heterocycles. The molecule has 2 rings (SSSR count). The van der Waals surface area contributed by atoms with E-state index in [4.69, 9.17) is 16.7 Å². The Morgan fingerprint density at radius 1 is 1.32 bits per heavy atom. The highest BCUT2D eigenvalue weighted by molar-refractivity contribution is 6.31. The fourth-order valence-electron chi connectivity index (χ4n) is 1.64. The normalized spacial score (nSPS) is 10.4. The molecule has 1 aromatic carbocycles. The number of carboxylic acid groups (broad SMARTS) is 1. The van der Waals surface area contributed by atoms with Crippen LogP contribution in [0, 0.1) is 5.82 Å². The second-order valence-corrected chi connectivity index (χ2v) is 4.28. The van der Waals surface area contributed by atoms with E-state index in [1.165, 1.54) is 29.0 Å². The lowest BCUT2D eigenvalue weighted by atomic mass is 10.2. The molecular formula is C13H9ClFNO3. The van der Waals surface area contributed by atoms with Gasteiger partial charge >= 0.3 is 5.97 Å². The molecule has 0 saturated heterocycles. The van der Waals surface area contributed by atoms with Crippen molar-refractivity contribution in [1.82, 2.24) is 4.57 Å². The third-order valence-electron chi connectivity index (χ3n) is 2.60. The van der Waals surface area contributed by atoms with Gasteiger partial charge in [0, 0.05) is 12.3 Å². The summed E-state index contributed by atoms with van der Waals surface area (Å²) in [5, 5.41) is 8.79. The lowest BCUT2D eigenvalue weighted by Gasteiger charge is -2.08. The first-order chi connectivity index (χ1) is 8.99. The van der Waals surface area contributed by atoms with E-state index in [-0.39, 0.29) is 22.7 Å². The molecule has 0 unspecified atom stereocenters. The summed E-state index contributed by atoms with van der Waals surface area (Å²) < 4.78 is 14.4. The van der Waals surface area contributed by atoms with Crippen LogP contribution < -0.4 is 5.56 Å². The van der Waals surface area contributed by atoms with Gasteiger partial charge in [-0.15, -0.1) is 0 Å². The standard InChI is InChI=1S/C13H9ClFNO3/c14-12-8(2-1-3-10(12)15)6-16-7-9(13(18)19)4-5-11(16)17/h1-5,7H,6H2,(H,18,19). The zero-order valence-corrected chi connectivity index (χ0v) is 10.4.